The van der Waals surface area contributed by atoms with Crippen molar-refractivity contribution in [3.8, 4) is 5.75 Å². The van der Waals surface area contributed by atoms with Crippen LogP contribution in [0.1, 0.15) is 12.7 Å². The number of aryl methyl sites for hydroxylation is 1. The van der Waals surface area contributed by atoms with Gasteiger partial charge in [0.1, 0.15) is 21.8 Å². The number of fused-ring (bicyclic) bond motifs is 1. The Morgan fingerprint density at radius 1 is 1.24 bits per heavy atom. The number of nitrogens with zero attached hydrogens (tertiary/aromatic N) is 3. The van der Waals surface area contributed by atoms with Gasteiger partial charge in [-0.05, 0) is 23.9 Å². The molecule has 7 heteroatoms. The van der Waals surface area contributed by atoms with E-state index < -0.39 is 0 Å². The van der Waals surface area contributed by atoms with Crippen LogP contribution in [0.5, 0.6) is 5.75 Å². The lowest BCUT2D eigenvalue weighted by molar-refractivity contribution is 0.415. The minimum atomic E-state index is 0.446. The highest BCUT2D eigenvalue weighted by Gasteiger charge is 2.09. The molecule has 0 fully saturated rings. The van der Waals surface area contributed by atoms with Gasteiger partial charge >= 0.3 is 0 Å². The van der Waals surface area contributed by atoms with Crippen LogP contribution in [0.3, 0.4) is 0 Å². The summed E-state index contributed by atoms with van der Waals surface area (Å²) in [6.45, 7) is 1.99. The molecular weight excluding hydrogens is 308 g/mol. The number of ether oxygens (including phenoxy) is 1. The maximum absolute atomic E-state index is 6.00. The van der Waals surface area contributed by atoms with Crippen molar-refractivity contribution in [2.45, 2.75) is 23.5 Å². The summed E-state index contributed by atoms with van der Waals surface area (Å²) in [5, 5.41) is 1.98. The number of hydrogen-bond donors (Lipinski definition) is 1. The quantitative estimate of drug-likeness (QED) is 0.742. The third-order valence-electron chi connectivity index (χ3n) is 2.90. The zero-order valence-corrected chi connectivity index (χ0v) is 13.1. The van der Waals surface area contributed by atoms with Crippen LogP contribution in [-0.2, 0) is 6.42 Å². The summed E-state index contributed by atoms with van der Waals surface area (Å²) in [5.74, 6) is 1.52. The van der Waals surface area contributed by atoms with Crippen molar-refractivity contribution in [3.05, 3.63) is 35.2 Å². The van der Waals surface area contributed by atoms with Crippen molar-refractivity contribution in [2.75, 3.05) is 7.11 Å². The van der Waals surface area contributed by atoms with E-state index in [-0.39, 0.29) is 0 Å². The summed E-state index contributed by atoms with van der Waals surface area (Å²) in [7, 11) is 1.64. The van der Waals surface area contributed by atoms with Gasteiger partial charge in [0.05, 0.1) is 18.1 Å². The van der Waals surface area contributed by atoms with Gasteiger partial charge in [-0.15, -0.1) is 0 Å². The Bertz CT molecular complexity index is 790. The normalized spacial score (nSPS) is 11.0. The third-order valence-corrected chi connectivity index (χ3v) is 3.90. The van der Waals surface area contributed by atoms with E-state index in [4.69, 9.17) is 16.3 Å². The van der Waals surface area contributed by atoms with Crippen LogP contribution in [-0.4, -0.2) is 27.0 Å². The molecule has 0 aliphatic rings. The minimum absolute atomic E-state index is 0.446. The number of nitrogens with one attached hydrogen (secondary N) is 1. The third kappa shape index (κ3) is 3.11. The van der Waals surface area contributed by atoms with Gasteiger partial charge in [-0.1, -0.05) is 18.5 Å². The average Bonchev–Trinajstić information content (AvgIpc) is 2.87. The summed E-state index contributed by atoms with van der Waals surface area (Å²) >= 11 is 7.43. The number of benzene rings is 1. The number of imidazole rings is 1. The minimum Gasteiger partial charge on any atom is -0.497 e. The van der Waals surface area contributed by atoms with Gasteiger partial charge in [-0.2, -0.15) is 0 Å². The van der Waals surface area contributed by atoms with E-state index in [9.17, 15) is 0 Å². The summed E-state index contributed by atoms with van der Waals surface area (Å²) in [5.41, 5.74) is 1.81. The second-order valence-corrected chi connectivity index (χ2v) is 5.72. The van der Waals surface area contributed by atoms with E-state index >= 15 is 0 Å². The molecule has 0 aliphatic carbocycles. The highest BCUT2D eigenvalue weighted by atomic mass is 35.5. The lowest BCUT2D eigenvalue weighted by Crippen LogP contribution is -1.94. The number of aromatic nitrogens is 4. The Balaban J connectivity index is 1.92. The largest absolute Gasteiger partial charge is 0.497 e. The number of halogens is 1. The Morgan fingerprint density at radius 2 is 2.10 bits per heavy atom. The van der Waals surface area contributed by atoms with Crippen molar-refractivity contribution in [1.29, 1.82) is 0 Å². The van der Waals surface area contributed by atoms with Crippen LogP contribution >= 0.6 is 23.4 Å². The standard InChI is InChI=1S/C14H13ClN4OS/c1-3-12-18-11(15)7-13(19-12)21-14-16-9-5-4-8(20-2)6-10(9)17-14/h4-7H,3H2,1-2H3,(H,16,17). The SMILES string of the molecule is CCc1nc(Cl)cc(Sc2nc3ccc(OC)cc3[nH]2)n1. The smallest absolute Gasteiger partial charge is 0.172 e. The summed E-state index contributed by atoms with van der Waals surface area (Å²) < 4.78 is 5.20. The van der Waals surface area contributed by atoms with Crippen LogP contribution in [0.25, 0.3) is 11.0 Å². The highest BCUT2D eigenvalue weighted by Crippen LogP contribution is 2.28. The Hall–Kier alpha value is -1.79. The van der Waals surface area contributed by atoms with Crippen LogP contribution in [0.15, 0.2) is 34.4 Å². The van der Waals surface area contributed by atoms with Crippen LogP contribution in [0, 0.1) is 0 Å². The molecule has 0 saturated heterocycles. The molecule has 0 bridgehead atoms. The molecule has 0 atom stereocenters. The molecule has 21 heavy (non-hydrogen) atoms. The Labute approximate surface area is 131 Å². The second-order valence-electron chi connectivity index (χ2n) is 4.33. The average molecular weight is 321 g/mol. The molecule has 2 heterocycles. The molecule has 2 aromatic heterocycles. The summed E-state index contributed by atoms with van der Waals surface area (Å²) in [6.07, 6.45) is 0.742. The number of H-pyrrole nitrogens is 1. The fourth-order valence-corrected chi connectivity index (χ4v) is 2.98. The molecule has 0 amide bonds. The second kappa shape index (κ2) is 5.91. The molecule has 3 aromatic rings. The van der Waals surface area contributed by atoms with Gasteiger partial charge in [0.2, 0.25) is 0 Å². The van der Waals surface area contributed by atoms with Crippen molar-refractivity contribution in [1.82, 2.24) is 19.9 Å². The number of aromatic amines is 1. The first-order valence-corrected chi connectivity index (χ1v) is 7.62. The van der Waals surface area contributed by atoms with Gasteiger partial charge in [-0.3, -0.25) is 0 Å². The molecule has 0 aliphatic heterocycles. The lowest BCUT2D eigenvalue weighted by atomic mass is 10.3. The first-order chi connectivity index (χ1) is 10.2. The van der Waals surface area contributed by atoms with Crippen LogP contribution in [0.2, 0.25) is 5.15 Å². The highest BCUT2D eigenvalue weighted by molar-refractivity contribution is 7.99. The predicted octanol–water partition coefficient (Wildman–Crippen LogP) is 3.73. The zero-order chi connectivity index (χ0) is 14.8. The van der Waals surface area contributed by atoms with Gasteiger partial charge < -0.3 is 9.72 Å². The van der Waals surface area contributed by atoms with Crippen molar-refractivity contribution >= 4 is 34.4 Å². The van der Waals surface area contributed by atoms with Gasteiger partial charge in [0, 0.05) is 18.6 Å². The molecule has 3 rings (SSSR count). The number of methoxy groups -OCH3 is 1. The molecule has 0 unspecified atom stereocenters. The van der Waals surface area contributed by atoms with Gasteiger partial charge in [-0.25, -0.2) is 15.0 Å². The van der Waals surface area contributed by atoms with Crippen LogP contribution in [0.4, 0.5) is 0 Å². The monoisotopic (exact) mass is 320 g/mol. The predicted molar refractivity (Wildman–Crippen MR) is 83.2 cm³/mol. The zero-order valence-electron chi connectivity index (χ0n) is 11.6. The van der Waals surface area contributed by atoms with E-state index in [0.29, 0.717) is 5.15 Å². The molecule has 0 saturated carbocycles. The maximum Gasteiger partial charge on any atom is 0.172 e. The molecule has 108 valence electrons. The van der Waals surface area contributed by atoms with Crippen molar-refractivity contribution < 1.29 is 4.74 Å². The fourth-order valence-electron chi connectivity index (χ4n) is 1.89. The molecule has 1 N–H and O–H groups in total. The van der Waals surface area contributed by atoms with E-state index in [0.717, 1.165) is 39.2 Å². The van der Waals surface area contributed by atoms with Gasteiger partial charge in [0.25, 0.3) is 0 Å². The van der Waals surface area contributed by atoms with Crippen molar-refractivity contribution in [3.63, 3.8) is 0 Å². The summed E-state index contributed by atoms with van der Waals surface area (Å²) in [6, 6.07) is 7.45. The molecule has 0 radical (unpaired) electrons. The molecular formula is C14H13ClN4OS. The topological polar surface area (TPSA) is 63.7 Å². The first kappa shape index (κ1) is 14.2. The van der Waals surface area contributed by atoms with Gasteiger partial charge in [0.15, 0.2) is 5.16 Å². The van der Waals surface area contributed by atoms with Crippen molar-refractivity contribution in [2.24, 2.45) is 0 Å². The van der Waals surface area contributed by atoms with E-state index in [1.165, 1.54) is 11.8 Å². The Kier molecular flexibility index (Phi) is 3.98. The lowest BCUT2D eigenvalue weighted by Gasteiger charge is -2.01. The van der Waals surface area contributed by atoms with E-state index in [1.807, 2.05) is 25.1 Å². The number of rotatable bonds is 4. The van der Waals surface area contributed by atoms with E-state index in [1.54, 1.807) is 13.2 Å². The van der Waals surface area contributed by atoms with Crippen LogP contribution < -0.4 is 4.74 Å². The Morgan fingerprint density at radius 3 is 2.86 bits per heavy atom. The molecule has 5 nitrogen and oxygen atoms in total. The van der Waals surface area contributed by atoms with E-state index in [2.05, 4.69) is 19.9 Å². The number of hydrogen-bond acceptors (Lipinski definition) is 5. The first-order valence-electron chi connectivity index (χ1n) is 6.43. The molecule has 1 aromatic carbocycles. The molecule has 0 spiro atoms. The summed E-state index contributed by atoms with van der Waals surface area (Å²) in [4.78, 5) is 16.3. The fraction of sp³-hybridized carbons (Fsp3) is 0.214. The maximum atomic E-state index is 6.00.